The first-order valence-electron chi connectivity index (χ1n) is 19.3. The van der Waals surface area contributed by atoms with Crippen LogP contribution in [0.3, 0.4) is 0 Å². The average molecular weight is 745 g/mol. The minimum atomic E-state index is 0.652. The van der Waals surface area contributed by atoms with Crippen molar-refractivity contribution in [1.82, 2.24) is 14.5 Å². The maximum atomic E-state index is 5.48. The molecule has 0 amide bonds. The molecular formula is C52H32N4S. The highest BCUT2D eigenvalue weighted by atomic mass is 32.2. The normalized spacial score (nSPS) is 12.5. The summed E-state index contributed by atoms with van der Waals surface area (Å²) in [6.07, 6.45) is 0. The largest absolute Gasteiger partial charge is 0.308 e. The summed E-state index contributed by atoms with van der Waals surface area (Å²) in [7, 11) is 0. The minimum absolute atomic E-state index is 0.652. The van der Waals surface area contributed by atoms with Crippen LogP contribution in [-0.4, -0.2) is 14.5 Å². The second-order valence-corrected chi connectivity index (χ2v) is 15.6. The lowest BCUT2D eigenvalue weighted by atomic mass is 9.96. The predicted octanol–water partition coefficient (Wildman–Crippen LogP) is 14.3. The van der Waals surface area contributed by atoms with Gasteiger partial charge in [0.25, 0.3) is 0 Å². The molecule has 11 aromatic rings. The Labute approximate surface area is 333 Å². The molecule has 0 N–H and O–H groups in total. The van der Waals surface area contributed by atoms with Crippen LogP contribution in [0.15, 0.2) is 204 Å². The predicted molar refractivity (Wildman–Crippen MR) is 239 cm³/mol. The van der Waals surface area contributed by atoms with Crippen LogP contribution in [0.2, 0.25) is 0 Å². The van der Waals surface area contributed by atoms with Crippen LogP contribution in [0, 0.1) is 0 Å². The third-order valence-corrected chi connectivity index (χ3v) is 12.5. The Balaban J connectivity index is 1.16. The van der Waals surface area contributed by atoms with Crippen molar-refractivity contribution in [3.05, 3.63) is 194 Å². The van der Waals surface area contributed by atoms with Gasteiger partial charge in [0.1, 0.15) is 0 Å². The van der Waals surface area contributed by atoms with E-state index in [0.29, 0.717) is 5.95 Å². The Morgan fingerprint density at radius 3 is 1.96 bits per heavy atom. The monoisotopic (exact) mass is 744 g/mol. The van der Waals surface area contributed by atoms with Crippen molar-refractivity contribution in [2.24, 2.45) is 0 Å². The smallest absolute Gasteiger partial charge is 0.235 e. The Kier molecular flexibility index (Phi) is 7.13. The van der Waals surface area contributed by atoms with E-state index >= 15 is 0 Å². The SMILES string of the molecule is c1ccc(-c2nc(-n3c4cccc(-c5ccc6c(c5)N(c5ccccc5)c5ccccc5S6)c4c4c5ccccc5ccc43)nc3c2ccc2ccccc23)cc1. The zero-order chi connectivity index (χ0) is 37.5. The summed E-state index contributed by atoms with van der Waals surface area (Å²) in [5.41, 5.74) is 10.9. The Bertz CT molecular complexity index is 3390. The van der Waals surface area contributed by atoms with Crippen LogP contribution >= 0.6 is 11.8 Å². The van der Waals surface area contributed by atoms with Gasteiger partial charge < -0.3 is 4.90 Å². The molecule has 1 aliphatic heterocycles. The van der Waals surface area contributed by atoms with E-state index in [0.717, 1.165) is 55.2 Å². The van der Waals surface area contributed by atoms with Crippen molar-refractivity contribution < 1.29 is 0 Å². The third kappa shape index (κ3) is 4.96. The van der Waals surface area contributed by atoms with Crippen molar-refractivity contribution in [2.45, 2.75) is 9.79 Å². The topological polar surface area (TPSA) is 34.0 Å². The summed E-state index contributed by atoms with van der Waals surface area (Å²) in [6, 6.07) is 69.6. The quantitative estimate of drug-likeness (QED) is 0.168. The van der Waals surface area contributed by atoms with Crippen LogP contribution in [0.1, 0.15) is 0 Å². The molecule has 0 fully saturated rings. The zero-order valence-corrected chi connectivity index (χ0v) is 31.5. The average Bonchev–Trinajstić information content (AvgIpc) is 3.63. The summed E-state index contributed by atoms with van der Waals surface area (Å²) >= 11 is 1.83. The van der Waals surface area contributed by atoms with Crippen molar-refractivity contribution in [3.63, 3.8) is 0 Å². The standard InChI is InChI=1S/C52H32N4S/c1-3-16-35(17-4-1)50-41-29-26-34-15-8-10-21-40(34)51(41)54-52(53-50)56-43-24-13-22-39(49(43)48-38-20-9-7-14-33(38)27-30-44(48)56)36-28-31-47-45(32-36)55(37-18-5-2-6-19-37)42-23-11-12-25-46(42)57-47/h1-32H. The Morgan fingerprint density at radius 2 is 1.11 bits per heavy atom. The number of hydrogen-bond acceptors (Lipinski definition) is 4. The third-order valence-electron chi connectivity index (χ3n) is 11.4. The van der Waals surface area contributed by atoms with E-state index in [4.69, 9.17) is 9.97 Å². The fourth-order valence-corrected chi connectivity index (χ4v) is 9.87. The minimum Gasteiger partial charge on any atom is -0.308 e. The Hall–Kier alpha value is -7.21. The molecule has 0 radical (unpaired) electrons. The highest BCUT2D eigenvalue weighted by Crippen LogP contribution is 2.53. The van der Waals surface area contributed by atoms with E-state index in [1.807, 2.05) is 11.8 Å². The first-order chi connectivity index (χ1) is 28.3. The van der Waals surface area contributed by atoms with Gasteiger partial charge in [-0.05, 0) is 81.9 Å². The molecule has 0 atom stereocenters. The van der Waals surface area contributed by atoms with Gasteiger partial charge in [0, 0.05) is 42.6 Å². The number of aromatic nitrogens is 3. The van der Waals surface area contributed by atoms with Gasteiger partial charge in [-0.25, -0.2) is 9.97 Å². The van der Waals surface area contributed by atoms with Crippen molar-refractivity contribution in [1.29, 1.82) is 0 Å². The number of fused-ring (bicyclic) bond motifs is 10. The number of hydrogen-bond donors (Lipinski definition) is 0. The number of anilines is 3. The lowest BCUT2D eigenvalue weighted by Gasteiger charge is -2.33. The summed E-state index contributed by atoms with van der Waals surface area (Å²) in [4.78, 5) is 15.8. The first kappa shape index (κ1) is 32.1. The van der Waals surface area contributed by atoms with Crippen LogP contribution in [0.5, 0.6) is 0 Å². The maximum Gasteiger partial charge on any atom is 0.235 e. The van der Waals surface area contributed by atoms with E-state index in [1.54, 1.807) is 0 Å². The highest BCUT2D eigenvalue weighted by molar-refractivity contribution is 7.99. The maximum absolute atomic E-state index is 5.48. The first-order valence-corrected chi connectivity index (χ1v) is 20.1. The molecule has 0 bridgehead atoms. The molecule has 57 heavy (non-hydrogen) atoms. The lowest BCUT2D eigenvalue weighted by Crippen LogP contribution is -2.14. The van der Waals surface area contributed by atoms with E-state index in [9.17, 15) is 0 Å². The zero-order valence-electron chi connectivity index (χ0n) is 30.7. The van der Waals surface area contributed by atoms with Gasteiger partial charge in [-0.2, -0.15) is 0 Å². The lowest BCUT2D eigenvalue weighted by molar-refractivity contribution is 1.02. The van der Waals surface area contributed by atoms with Crippen LogP contribution in [-0.2, 0) is 0 Å². The molecule has 2 aromatic heterocycles. The van der Waals surface area contributed by atoms with E-state index in [1.165, 1.54) is 48.3 Å². The summed E-state index contributed by atoms with van der Waals surface area (Å²) in [5.74, 6) is 0.652. The van der Waals surface area contributed by atoms with Gasteiger partial charge >= 0.3 is 0 Å². The van der Waals surface area contributed by atoms with E-state index in [-0.39, 0.29) is 0 Å². The van der Waals surface area contributed by atoms with Gasteiger partial charge in [0.2, 0.25) is 5.95 Å². The summed E-state index contributed by atoms with van der Waals surface area (Å²) in [6.45, 7) is 0. The number of nitrogens with zero attached hydrogens (tertiary/aromatic N) is 4. The molecule has 0 unspecified atom stereocenters. The van der Waals surface area contributed by atoms with Gasteiger partial charge in [0.05, 0.1) is 33.6 Å². The molecule has 3 heterocycles. The van der Waals surface area contributed by atoms with Gasteiger partial charge in [0.15, 0.2) is 0 Å². The van der Waals surface area contributed by atoms with Gasteiger partial charge in [-0.1, -0.05) is 151 Å². The molecule has 1 aliphatic rings. The van der Waals surface area contributed by atoms with Crippen molar-refractivity contribution in [3.8, 4) is 28.3 Å². The molecule has 0 spiro atoms. The molecule has 0 saturated carbocycles. The number of benzene rings is 9. The second kappa shape index (κ2) is 12.7. The van der Waals surface area contributed by atoms with Gasteiger partial charge in [-0.15, -0.1) is 0 Å². The molecule has 266 valence electrons. The van der Waals surface area contributed by atoms with Crippen molar-refractivity contribution >= 4 is 83.1 Å². The van der Waals surface area contributed by atoms with Crippen LogP contribution < -0.4 is 4.90 Å². The molecular weight excluding hydrogens is 713 g/mol. The molecule has 12 rings (SSSR count). The fourth-order valence-electron chi connectivity index (χ4n) is 8.83. The number of rotatable bonds is 4. The number of para-hydroxylation sites is 2. The van der Waals surface area contributed by atoms with E-state index in [2.05, 4.69) is 204 Å². The molecule has 0 saturated heterocycles. The van der Waals surface area contributed by atoms with Crippen molar-refractivity contribution in [2.75, 3.05) is 4.90 Å². The summed E-state index contributed by atoms with van der Waals surface area (Å²) < 4.78 is 2.29. The Morgan fingerprint density at radius 1 is 0.421 bits per heavy atom. The summed E-state index contributed by atoms with van der Waals surface area (Å²) in [5, 5.41) is 8.08. The molecule has 4 nitrogen and oxygen atoms in total. The van der Waals surface area contributed by atoms with Crippen LogP contribution in [0.25, 0.3) is 82.6 Å². The molecule has 0 aliphatic carbocycles. The van der Waals surface area contributed by atoms with E-state index < -0.39 is 0 Å². The van der Waals surface area contributed by atoms with Gasteiger partial charge in [-0.3, -0.25) is 4.57 Å². The second-order valence-electron chi connectivity index (χ2n) is 14.6. The highest BCUT2D eigenvalue weighted by Gasteiger charge is 2.27. The molecule has 9 aromatic carbocycles. The molecule has 5 heteroatoms. The van der Waals surface area contributed by atoms with Crippen LogP contribution in [0.4, 0.5) is 17.1 Å². The fraction of sp³-hybridized carbons (Fsp3) is 0.